The molecule has 0 aliphatic rings. The second-order valence-corrected chi connectivity index (χ2v) is 7.53. The van der Waals surface area contributed by atoms with Crippen LogP contribution in [-0.4, -0.2) is 30.2 Å². The molecule has 1 heterocycles. The lowest BCUT2D eigenvalue weighted by atomic mass is 10.2. The number of nitrogens with one attached hydrogen (secondary N) is 1. The zero-order chi connectivity index (χ0) is 25.5. The number of rotatable bonds is 9. The highest BCUT2D eigenvalue weighted by atomic mass is 19.1. The van der Waals surface area contributed by atoms with Crippen LogP contribution < -0.4 is 14.8 Å². The number of carbonyl (C=O) groups excluding carboxylic acids is 2. The summed E-state index contributed by atoms with van der Waals surface area (Å²) in [6.07, 6.45) is 1.40. The van der Waals surface area contributed by atoms with Gasteiger partial charge in [-0.25, -0.2) is 13.6 Å². The van der Waals surface area contributed by atoms with Crippen molar-refractivity contribution >= 4 is 23.6 Å². The van der Waals surface area contributed by atoms with Crippen LogP contribution in [0.4, 0.5) is 14.5 Å². The standard InChI is InChI=1S/C25H24F2N2O6/c1-14-19(15(2)35-29-14)13-33-22-9-5-17(11-23(22)32-4)6-10-24(30)34-16(3)25(31)28-21-8-7-18(26)12-20(21)27/h5-12,16H,13H2,1-4H3,(H,28,31)/b10-6+. The van der Waals surface area contributed by atoms with Crippen molar-refractivity contribution in [3.05, 3.63) is 76.7 Å². The van der Waals surface area contributed by atoms with E-state index >= 15 is 0 Å². The summed E-state index contributed by atoms with van der Waals surface area (Å²) in [5.74, 6) is -1.66. The van der Waals surface area contributed by atoms with E-state index in [4.69, 9.17) is 18.7 Å². The van der Waals surface area contributed by atoms with E-state index in [-0.39, 0.29) is 12.3 Å². The number of ether oxygens (including phenoxy) is 3. The summed E-state index contributed by atoms with van der Waals surface area (Å²) in [4.78, 5) is 24.3. The molecule has 35 heavy (non-hydrogen) atoms. The first-order valence-electron chi connectivity index (χ1n) is 10.5. The van der Waals surface area contributed by atoms with Crippen molar-refractivity contribution in [3.8, 4) is 11.5 Å². The number of methoxy groups -OCH3 is 1. The molecule has 1 aromatic heterocycles. The van der Waals surface area contributed by atoms with Crippen LogP contribution in [-0.2, 0) is 20.9 Å². The van der Waals surface area contributed by atoms with Gasteiger partial charge in [-0.1, -0.05) is 11.2 Å². The van der Waals surface area contributed by atoms with Crippen LogP contribution in [0.3, 0.4) is 0 Å². The molecule has 1 amide bonds. The highest BCUT2D eigenvalue weighted by molar-refractivity contribution is 5.96. The molecule has 1 N–H and O–H groups in total. The van der Waals surface area contributed by atoms with Gasteiger partial charge >= 0.3 is 5.97 Å². The Kier molecular flexibility index (Phi) is 8.19. The lowest BCUT2D eigenvalue weighted by molar-refractivity contribution is -0.148. The average Bonchev–Trinajstić information content (AvgIpc) is 3.15. The topological polar surface area (TPSA) is 99.9 Å². The van der Waals surface area contributed by atoms with Gasteiger partial charge in [-0.15, -0.1) is 0 Å². The van der Waals surface area contributed by atoms with Crippen LogP contribution in [0.15, 0.2) is 47.0 Å². The van der Waals surface area contributed by atoms with E-state index in [9.17, 15) is 18.4 Å². The fraction of sp³-hybridized carbons (Fsp3) is 0.240. The zero-order valence-corrected chi connectivity index (χ0v) is 19.6. The Bertz CT molecular complexity index is 1240. The van der Waals surface area contributed by atoms with Gasteiger partial charge in [0, 0.05) is 12.1 Å². The third kappa shape index (κ3) is 6.66. The van der Waals surface area contributed by atoms with Crippen LogP contribution >= 0.6 is 0 Å². The van der Waals surface area contributed by atoms with Gasteiger partial charge in [-0.3, -0.25) is 4.79 Å². The SMILES string of the molecule is COc1cc(/C=C/C(=O)OC(C)C(=O)Nc2ccc(F)cc2F)ccc1OCc1c(C)noc1C. The molecule has 3 rings (SSSR count). The fourth-order valence-corrected chi connectivity index (χ4v) is 3.02. The minimum atomic E-state index is -1.22. The molecule has 8 nitrogen and oxygen atoms in total. The van der Waals surface area contributed by atoms with E-state index in [1.54, 1.807) is 25.1 Å². The summed E-state index contributed by atoms with van der Waals surface area (Å²) in [7, 11) is 1.49. The molecule has 10 heteroatoms. The fourth-order valence-electron chi connectivity index (χ4n) is 3.02. The summed E-state index contributed by atoms with van der Waals surface area (Å²) >= 11 is 0. The molecule has 0 saturated carbocycles. The molecule has 0 fully saturated rings. The monoisotopic (exact) mass is 486 g/mol. The minimum Gasteiger partial charge on any atom is -0.493 e. The summed E-state index contributed by atoms with van der Waals surface area (Å²) in [6.45, 7) is 5.21. The van der Waals surface area contributed by atoms with Gasteiger partial charge in [-0.05, 0) is 56.7 Å². The maximum Gasteiger partial charge on any atom is 0.331 e. The minimum absolute atomic E-state index is 0.224. The molecule has 0 aliphatic heterocycles. The van der Waals surface area contributed by atoms with Gasteiger partial charge in [0.15, 0.2) is 17.6 Å². The van der Waals surface area contributed by atoms with Gasteiger partial charge in [0.25, 0.3) is 5.91 Å². The number of halogens is 2. The van der Waals surface area contributed by atoms with Crippen molar-refractivity contribution in [2.45, 2.75) is 33.5 Å². The van der Waals surface area contributed by atoms with Gasteiger partial charge in [0.1, 0.15) is 24.0 Å². The van der Waals surface area contributed by atoms with Gasteiger partial charge < -0.3 is 24.1 Å². The summed E-state index contributed by atoms with van der Waals surface area (Å²) < 4.78 is 48.0. The summed E-state index contributed by atoms with van der Waals surface area (Å²) in [5, 5.41) is 6.13. The van der Waals surface area contributed by atoms with Gasteiger partial charge in [0.2, 0.25) is 0 Å². The molecule has 0 aliphatic carbocycles. The Balaban J connectivity index is 1.58. The molecule has 1 atom stereocenters. The Hall–Kier alpha value is -4.21. The van der Waals surface area contributed by atoms with E-state index in [0.29, 0.717) is 28.9 Å². The number of esters is 1. The van der Waals surface area contributed by atoms with Crippen LogP contribution in [0.5, 0.6) is 11.5 Å². The Morgan fingerprint density at radius 1 is 1.14 bits per heavy atom. The lowest BCUT2D eigenvalue weighted by Crippen LogP contribution is -2.29. The van der Waals surface area contributed by atoms with Crippen LogP contribution in [0.25, 0.3) is 6.08 Å². The van der Waals surface area contributed by atoms with E-state index < -0.39 is 29.6 Å². The number of aromatic nitrogens is 1. The Morgan fingerprint density at radius 2 is 1.91 bits per heavy atom. The first-order chi connectivity index (χ1) is 16.7. The number of anilines is 1. The summed E-state index contributed by atoms with van der Waals surface area (Å²) in [6, 6.07) is 7.78. The van der Waals surface area contributed by atoms with Crippen LogP contribution in [0.1, 0.15) is 29.5 Å². The van der Waals surface area contributed by atoms with Crippen LogP contribution in [0.2, 0.25) is 0 Å². The highest BCUT2D eigenvalue weighted by Gasteiger charge is 2.18. The van der Waals surface area contributed by atoms with Crippen molar-refractivity contribution in [2.75, 3.05) is 12.4 Å². The van der Waals surface area contributed by atoms with Crippen LogP contribution in [0, 0.1) is 25.5 Å². The quantitative estimate of drug-likeness (QED) is 0.344. The zero-order valence-electron chi connectivity index (χ0n) is 19.6. The number of aryl methyl sites for hydroxylation is 2. The summed E-state index contributed by atoms with van der Waals surface area (Å²) in [5.41, 5.74) is 1.98. The lowest BCUT2D eigenvalue weighted by Gasteiger charge is -2.13. The second-order valence-electron chi connectivity index (χ2n) is 7.53. The molecule has 2 aromatic carbocycles. The third-order valence-corrected chi connectivity index (χ3v) is 5.00. The van der Waals surface area contributed by atoms with E-state index in [0.717, 1.165) is 29.5 Å². The number of hydrogen-bond donors (Lipinski definition) is 1. The first kappa shape index (κ1) is 25.4. The largest absolute Gasteiger partial charge is 0.493 e. The van der Waals surface area contributed by atoms with Crippen molar-refractivity contribution in [3.63, 3.8) is 0 Å². The Labute approximate surface area is 200 Å². The number of amides is 1. The maximum absolute atomic E-state index is 13.7. The van der Waals surface area contributed by atoms with E-state index in [1.807, 2.05) is 6.92 Å². The molecule has 3 aromatic rings. The van der Waals surface area contributed by atoms with Crippen molar-refractivity contribution in [1.29, 1.82) is 0 Å². The third-order valence-electron chi connectivity index (χ3n) is 5.00. The molecule has 0 saturated heterocycles. The van der Waals surface area contributed by atoms with Crippen molar-refractivity contribution < 1.29 is 37.1 Å². The molecular weight excluding hydrogens is 462 g/mol. The van der Waals surface area contributed by atoms with Gasteiger partial charge in [-0.2, -0.15) is 0 Å². The molecule has 1 unspecified atom stereocenters. The molecule has 0 bridgehead atoms. The average molecular weight is 486 g/mol. The van der Waals surface area contributed by atoms with Gasteiger partial charge in [0.05, 0.1) is 24.1 Å². The predicted molar refractivity (Wildman–Crippen MR) is 123 cm³/mol. The van der Waals surface area contributed by atoms with E-state index in [1.165, 1.54) is 20.1 Å². The number of hydrogen-bond acceptors (Lipinski definition) is 7. The Morgan fingerprint density at radius 3 is 2.57 bits per heavy atom. The maximum atomic E-state index is 13.7. The van der Waals surface area contributed by atoms with Crippen molar-refractivity contribution in [2.24, 2.45) is 0 Å². The smallest absolute Gasteiger partial charge is 0.331 e. The number of nitrogens with zero attached hydrogens (tertiary/aromatic N) is 1. The molecule has 184 valence electrons. The van der Waals surface area contributed by atoms with E-state index in [2.05, 4.69) is 10.5 Å². The number of benzene rings is 2. The normalized spacial score (nSPS) is 11.8. The number of carbonyl (C=O) groups is 2. The van der Waals surface area contributed by atoms with Crippen molar-refractivity contribution in [1.82, 2.24) is 5.16 Å². The first-order valence-corrected chi connectivity index (χ1v) is 10.5. The second kappa shape index (κ2) is 11.3. The highest BCUT2D eigenvalue weighted by Crippen LogP contribution is 2.30. The molecular formula is C25H24F2N2O6. The molecule has 0 radical (unpaired) electrons. The predicted octanol–water partition coefficient (Wildman–Crippen LogP) is 4.74. The molecule has 0 spiro atoms.